The largest absolute Gasteiger partial charge is 0.460 e. The van der Waals surface area contributed by atoms with Gasteiger partial charge in [-0.15, -0.1) is 0 Å². The molecule has 0 aromatic heterocycles. The first-order chi connectivity index (χ1) is 22.0. The highest BCUT2D eigenvalue weighted by Crippen LogP contribution is 2.25. The Morgan fingerprint density at radius 2 is 1.76 bits per heavy atom. The fourth-order valence-electron chi connectivity index (χ4n) is 5.73. The third-order valence-electron chi connectivity index (χ3n) is 8.65. The Bertz CT molecular complexity index is 1310. The maximum Gasteiger partial charge on any atom is 0.328 e. The van der Waals surface area contributed by atoms with E-state index < -0.39 is 53.7 Å². The smallest absolute Gasteiger partial charge is 0.328 e. The van der Waals surface area contributed by atoms with E-state index >= 15 is 0 Å². The van der Waals surface area contributed by atoms with Crippen molar-refractivity contribution >= 4 is 29.4 Å². The summed E-state index contributed by atoms with van der Waals surface area (Å²) in [5.41, 5.74) is 0.803. The molecule has 250 valence electrons. The van der Waals surface area contributed by atoms with E-state index in [1.54, 1.807) is 57.2 Å². The van der Waals surface area contributed by atoms with Gasteiger partial charge in [-0.05, 0) is 51.2 Å². The molecule has 0 spiro atoms. The average Bonchev–Trinajstić information content (AvgIpc) is 3.04. The second kappa shape index (κ2) is 18.3. The molecule has 0 radical (unpaired) electrons. The SMILES string of the molecule is CO[C@H]1/C=C/C=C/C=C/C[C@H](OC(=O)[C@@H](C)NC(=O)C2CCCCC2)[C@H](C)[C@@H](O)C(C)=CCCC2=CC(=O)C=C(NC(=O)C1)C2=O. The highest BCUT2D eigenvalue weighted by Gasteiger charge is 2.31. The minimum Gasteiger partial charge on any atom is -0.460 e. The molecule has 2 aliphatic carbocycles. The molecule has 0 saturated heterocycles. The number of rotatable bonds is 5. The summed E-state index contributed by atoms with van der Waals surface area (Å²) in [6.07, 6.45) is 18.1. The first-order valence-corrected chi connectivity index (χ1v) is 16.2. The zero-order chi connectivity index (χ0) is 33.6. The summed E-state index contributed by atoms with van der Waals surface area (Å²) >= 11 is 0. The fourth-order valence-corrected chi connectivity index (χ4v) is 5.73. The topological polar surface area (TPSA) is 148 Å². The molecule has 3 N–H and O–H groups in total. The lowest BCUT2D eigenvalue weighted by atomic mass is 9.88. The lowest BCUT2D eigenvalue weighted by Gasteiger charge is -2.29. The van der Waals surface area contributed by atoms with Gasteiger partial charge in [0.1, 0.15) is 12.1 Å². The van der Waals surface area contributed by atoms with Gasteiger partial charge in [0.25, 0.3) is 0 Å². The van der Waals surface area contributed by atoms with E-state index in [1.165, 1.54) is 13.2 Å². The van der Waals surface area contributed by atoms with Crippen LogP contribution in [-0.4, -0.2) is 65.9 Å². The maximum absolute atomic E-state index is 13.1. The summed E-state index contributed by atoms with van der Waals surface area (Å²) in [6, 6.07) is -0.840. The van der Waals surface area contributed by atoms with Crippen LogP contribution in [0.25, 0.3) is 0 Å². The third-order valence-corrected chi connectivity index (χ3v) is 8.65. The molecule has 2 amide bonds. The van der Waals surface area contributed by atoms with E-state index in [0.717, 1.165) is 38.2 Å². The van der Waals surface area contributed by atoms with Crippen LogP contribution in [-0.2, 0) is 33.4 Å². The molecule has 46 heavy (non-hydrogen) atoms. The van der Waals surface area contributed by atoms with E-state index in [1.807, 2.05) is 6.08 Å². The number of esters is 1. The number of methoxy groups -OCH3 is 1. The van der Waals surface area contributed by atoms with Crippen LogP contribution in [0.15, 0.2) is 71.5 Å². The first kappa shape index (κ1) is 36.6. The van der Waals surface area contributed by atoms with Crippen molar-refractivity contribution < 1.29 is 38.6 Å². The average molecular weight is 637 g/mol. The Hall–Kier alpha value is -3.89. The predicted molar refractivity (Wildman–Crippen MR) is 174 cm³/mol. The molecule has 3 rings (SSSR count). The Balaban J connectivity index is 1.79. The molecule has 10 nitrogen and oxygen atoms in total. The van der Waals surface area contributed by atoms with E-state index in [9.17, 15) is 29.1 Å². The Morgan fingerprint density at radius 1 is 1.04 bits per heavy atom. The van der Waals surface area contributed by atoms with Crippen LogP contribution in [0.2, 0.25) is 0 Å². The molecule has 1 aliphatic heterocycles. The number of carbonyl (C=O) groups excluding carboxylic acids is 5. The lowest BCUT2D eigenvalue weighted by Crippen LogP contribution is -2.45. The van der Waals surface area contributed by atoms with Crippen molar-refractivity contribution in [2.24, 2.45) is 11.8 Å². The second-order valence-electron chi connectivity index (χ2n) is 12.3. The number of amides is 2. The van der Waals surface area contributed by atoms with Crippen molar-refractivity contribution in [2.45, 2.75) is 103 Å². The number of hydrogen-bond donors (Lipinski definition) is 3. The van der Waals surface area contributed by atoms with Crippen LogP contribution in [0.3, 0.4) is 0 Å². The number of Topliss-reactive ketones (excluding diaryl/α,β-unsaturated/α-hetero) is 1. The molecular weight excluding hydrogens is 588 g/mol. The van der Waals surface area contributed by atoms with Crippen LogP contribution in [0.1, 0.15) is 78.6 Å². The van der Waals surface area contributed by atoms with Gasteiger partial charge in [-0.2, -0.15) is 0 Å². The number of fused-ring (bicyclic) bond motifs is 2. The van der Waals surface area contributed by atoms with Crippen molar-refractivity contribution in [3.05, 3.63) is 71.5 Å². The zero-order valence-corrected chi connectivity index (χ0v) is 27.3. The van der Waals surface area contributed by atoms with Gasteiger partial charge >= 0.3 is 5.97 Å². The van der Waals surface area contributed by atoms with Crippen molar-refractivity contribution in [3.8, 4) is 0 Å². The second-order valence-corrected chi connectivity index (χ2v) is 12.3. The number of ketones is 2. The molecule has 0 aromatic carbocycles. The van der Waals surface area contributed by atoms with Gasteiger partial charge in [-0.3, -0.25) is 19.2 Å². The minimum absolute atomic E-state index is 0.0567. The fraction of sp³-hybridized carbons (Fsp3) is 0.528. The zero-order valence-electron chi connectivity index (χ0n) is 27.3. The molecule has 1 heterocycles. The van der Waals surface area contributed by atoms with Crippen LogP contribution in [0.5, 0.6) is 0 Å². The van der Waals surface area contributed by atoms with Gasteiger partial charge in [0.15, 0.2) is 5.78 Å². The van der Waals surface area contributed by atoms with Gasteiger partial charge in [0, 0.05) is 37.0 Å². The normalized spacial score (nSPS) is 28.6. The molecule has 5 atom stereocenters. The highest BCUT2D eigenvalue weighted by molar-refractivity contribution is 6.21. The third kappa shape index (κ3) is 11.2. The van der Waals surface area contributed by atoms with Crippen molar-refractivity contribution in [1.29, 1.82) is 0 Å². The number of ether oxygens (including phenoxy) is 2. The summed E-state index contributed by atoms with van der Waals surface area (Å²) in [7, 11) is 1.47. The van der Waals surface area contributed by atoms with Gasteiger partial charge in [-0.1, -0.05) is 68.7 Å². The standard InChI is InChI=1S/C36H48N2O8/c1-23-14-13-17-27-20-28(39)21-30(34(27)42)38-32(40)22-29(45-4)18-11-6-5-7-12-19-31(24(2)33(23)41)46-36(44)25(3)37-35(43)26-15-9-8-10-16-26/h5-7,11-12,14,18,20-21,24-26,29,31,33,41H,8-10,13,15-17,19,22H2,1-4H3,(H,37,43)(H,38,40)/b6-5+,12-7+,18-11+,23-14?/t24-,25+,29-,31-,33-/m0/s1. The number of nitrogens with one attached hydrogen (secondary N) is 2. The Kier molecular flexibility index (Phi) is 14.6. The first-order valence-electron chi connectivity index (χ1n) is 16.2. The molecule has 0 aromatic rings. The van der Waals surface area contributed by atoms with E-state index in [2.05, 4.69) is 10.6 Å². The Labute approximate surface area is 271 Å². The molecule has 0 unspecified atom stereocenters. The van der Waals surface area contributed by atoms with E-state index in [4.69, 9.17) is 9.47 Å². The monoisotopic (exact) mass is 636 g/mol. The molecule has 1 fully saturated rings. The molecule has 2 bridgehead atoms. The summed E-state index contributed by atoms with van der Waals surface area (Å²) in [5.74, 6) is -2.59. The van der Waals surface area contributed by atoms with Crippen molar-refractivity contribution in [2.75, 3.05) is 7.11 Å². The van der Waals surface area contributed by atoms with Gasteiger partial charge in [0.2, 0.25) is 17.6 Å². The summed E-state index contributed by atoms with van der Waals surface area (Å²) in [5, 5.41) is 16.6. The summed E-state index contributed by atoms with van der Waals surface area (Å²) in [4.78, 5) is 63.8. The predicted octanol–water partition coefficient (Wildman–Crippen LogP) is 4.26. The number of carbonyl (C=O) groups is 5. The number of hydrogen-bond acceptors (Lipinski definition) is 8. The van der Waals surface area contributed by atoms with Gasteiger partial charge < -0.3 is 25.2 Å². The summed E-state index contributed by atoms with van der Waals surface area (Å²) < 4.78 is 11.3. The molecule has 3 aliphatic rings. The highest BCUT2D eigenvalue weighted by atomic mass is 16.5. The Morgan fingerprint density at radius 3 is 2.48 bits per heavy atom. The van der Waals surface area contributed by atoms with E-state index in [-0.39, 0.29) is 35.9 Å². The maximum atomic E-state index is 13.1. The van der Waals surface area contributed by atoms with Crippen LogP contribution in [0.4, 0.5) is 0 Å². The van der Waals surface area contributed by atoms with Gasteiger partial charge in [0.05, 0.1) is 24.3 Å². The minimum atomic E-state index is -0.968. The quantitative estimate of drug-likeness (QED) is 0.230. The number of aliphatic hydroxyl groups excluding tert-OH is 1. The van der Waals surface area contributed by atoms with E-state index in [0.29, 0.717) is 18.4 Å². The van der Waals surface area contributed by atoms with Gasteiger partial charge in [-0.25, -0.2) is 4.79 Å². The summed E-state index contributed by atoms with van der Waals surface area (Å²) in [6.45, 7) is 5.16. The van der Waals surface area contributed by atoms with Crippen molar-refractivity contribution in [3.63, 3.8) is 0 Å². The number of aliphatic hydroxyl groups is 1. The van der Waals surface area contributed by atoms with Crippen LogP contribution in [0, 0.1) is 11.8 Å². The number of allylic oxidation sites excluding steroid dienone is 8. The molecule has 1 saturated carbocycles. The van der Waals surface area contributed by atoms with Crippen molar-refractivity contribution in [1.82, 2.24) is 10.6 Å². The van der Waals surface area contributed by atoms with Crippen LogP contribution >= 0.6 is 0 Å². The molecular formula is C36H48N2O8. The molecule has 10 heteroatoms. The lowest BCUT2D eigenvalue weighted by molar-refractivity contribution is -0.156. The van der Waals surface area contributed by atoms with Crippen LogP contribution < -0.4 is 10.6 Å².